The lowest BCUT2D eigenvalue weighted by Gasteiger charge is -2.01. The number of methoxy groups -OCH3 is 1. The van der Waals surface area contributed by atoms with Crippen molar-refractivity contribution in [3.05, 3.63) is 42.0 Å². The predicted molar refractivity (Wildman–Crippen MR) is 64.6 cm³/mol. The fourth-order valence-corrected chi connectivity index (χ4v) is 1.08. The number of allylic oxidation sites excluding steroid dienone is 1. The molecule has 1 aromatic rings. The first-order valence-corrected chi connectivity index (χ1v) is 5.11. The summed E-state index contributed by atoms with van der Waals surface area (Å²) in [6.07, 6.45) is 2.98. The van der Waals surface area contributed by atoms with E-state index >= 15 is 0 Å². The highest BCUT2D eigenvalue weighted by molar-refractivity contribution is 5.90. The Morgan fingerprint density at radius 3 is 2.53 bits per heavy atom. The van der Waals surface area contributed by atoms with Crippen LogP contribution in [0.1, 0.15) is 20.3 Å². The maximum atomic E-state index is 5.20. The molecule has 0 bridgehead atoms. The molecule has 0 fully saturated rings. The molecule has 1 aromatic carbocycles. The molecule has 0 atom stereocenters. The average molecular weight is 203 g/mol. The van der Waals surface area contributed by atoms with Crippen molar-refractivity contribution in [1.29, 1.82) is 0 Å². The van der Waals surface area contributed by atoms with Gasteiger partial charge in [0.2, 0.25) is 5.90 Å². The molecule has 2 heteroatoms. The van der Waals surface area contributed by atoms with Crippen LogP contribution >= 0.6 is 0 Å². The largest absolute Gasteiger partial charge is 0.481 e. The van der Waals surface area contributed by atoms with E-state index in [0.717, 1.165) is 12.1 Å². The number of hydrogen-bond donors (Lipinski definition) is 0. The van der Waals surface area contributed by atoms with E-state index in [1.807, 2.05) is 36.4 Å². The van der Waals surface area contributed by atoms with Crippen LogP contribution in [0.15, 0.2) is 47.0 Å². The number of ether oxygens (including phenoxy) is 1. The van der Waals surface area contributed by atoms with Crippen LogP contribution in [-0.2, 0) is 4.74 Å². The van der Waals surface area contributed by atoms with E-state index in [1.165, 1.54) is 5.57 Å². The molecule has 0 saturated carbocycles. The average Bonchev–Trinajstić information content (AvgIpc) is 2.29. The third-order valence-electron chi connectivity index (χ3n) is 2.13. The van der Waals surface area contributed by atoms with Gasteiger partial charge in [0.25, 0.3) is 0 Å². The molecule has 2 nitrogen and oxygen atoms in total. The minimum Gasteiger partial charge on any atom is -0.481 e. The van der Waals surface area contributed by atoms with Crippen LogP contribution in [0.5, 0.6) is 0 Å². The van der Waals surface area contributed by atoms with E-state index in [-0.39, 0.29) is 0 Å². The second-order valence-corrected chi connectivity index (χ2v) is 3.33. The molecule has 0 heterocycles. The van der Waals surface area contributed by atoms with Gasteiger partial charge in [-0.15, -0.1) is 0 Å². The highest BCUT2D eigenvalue weighted by Crippen LogP contribution is 2.11. The zero-order valence-corrected chi connectivity index (χ0v) is 9.53. The smallest absolute Gasteiger partial charge is 0.213 e. The van der Waals surface area contributed by atoms with Crippen molar-refractivity contribution in [2.24, 2.45) is 4.99 Å². The number of para-hydroxylation sites is 1. The molecule has 15 heavy (non-hydrogen) atoms. The lowest BCUT2D eigenvalue weighted by Crippen LogP contribution is -1.96. The van der Waals surface area contributed by atoms with Crippen LogP contribution in [0.4, 0.5) is 5.69 Å². The summed E-state index contributed by atoms with van der Waals surface area (Å²) in [7, 11) is 1.64. The van der Waals surface area contributed by atoms with Crippen molar-refractivity contribution in [3.8, 4) is 0 Å². The molecule has 0 spiro atoms. The third-order valence-corrected chi connectivity index (χ3v) is 2.13. The second kappa shape index (κ2) is 6.02. The third kappa shape index (κ3) is 3.98. The minimum atomic E-state index is 0.653. The van der Waals surface area contributed by atoms with Crippen LogP contribution in [0.2, 0.25) is 0 Å². The highest BCUT2D eigenvalue weighted by Gasteiger charge is 1.95. The van der Waals surface area contributed by atoms with Crippen LogP contribution < -0.4 is 0 Å². The molecule has 0 saturated heterocycles. The molecule has 0 unspecified atom stereocenters. The summed E-state index contributed by atoms with van der Waals surface area (Å²) in [5, 5.41) is 0. The first-order valence-electron chi connectivity index (χ1n) is 5.11. The van der Waals surface area contributed by atoms with Gasteiger partial charge in [-0.1, -0.05) is 30.7 Å². The van der Waals surface area contributed by atoms with E-state index in [4.69, 9.17) is 4.74 Å². The Bertz CT molecular complexity index is 352. The molecule has 0 radical (unpaired) electrons. The molecule has 80 valence electrons. The molecule has 0 aliphatic carbocycles. The fraction of sp³-hybridized carbons (Fsp3) is 0.308. The summed E-state index contributed by atoms with van der Waals surface area (Å²) in [6.45, 7) is 4.18. The van der Waals surface area contributed by atoms with Crippen molar-refractivity contribution < 1.29 is 4.74 Å². The predicted octanol–water partition coefficient (Wildman–Crippen LogP) is 3.72. The summed E-state index contributed by atoms with van der Waals surface area (Å²) in [4.78, 5) is 4.38. The number of nitrogens with zero attached hydrogens (tertiary/aromatic N) is 1. The normalized spacial score (nSPS) is 12.7. The summed E-state index contributed by atoms with van der Waals surface area (Å²) in [5.41, 5.74) is 2.17. The SMILES string of the molecule is CC/C(C)=C/C(=Nc1ccccc1)OC. The zero-order valence-electron chi connectivity index (χ0n) is 9.53. The standard InChI is InChI=1S/C13H17NO/c1-4-11(2)10-13(15-3)14-12-8-6-5-7-9-12/h5-10H,4H2,1-3H3/b11-10+,14-13?. The molecule has 0 aliphatic heterocycles. The number of benzene rings is 1. The lowest BCUT2D eigenvalue weighted by molar-refractivity contribution is 0.407. The lowest BCUT2D eigenvalue weighted by atomic mass is 10.2. The molecule has 0 aromatic heterocycles. The van der Waals surface area contributed by atoms with Gasteiger partial charge in [-0.3, -0.25) is 0 Å². The Morgan fingerprint density at radius 2 is 2.00 bits per heavy atom. The topological polar surface area (TPSA) is 21.6 Å². The van der Waals surface area contributed by atoms with Crippen molar-refractivity contribution in [2.75, 3.05) is 7.11 Å². The van der Waals surface area contributed by atoms with Crippen LogP contribution in [-0.4, -0.2) is 13.0 Å². The summed E-state index contributed by atoms with van der Waals surface area (Å²) in [6, 6.07) is 9.80. The Morgan fingerprint density at radius 1 is 1.33 bits per heavy atom. The summed E-state index contributed by atoms with van der Waals surface area (Å²) in [5.74, 6) is 0.653. The van der Waals surface area contributed by atoms with Gasteiger partial charge in [-0.05, 0) is 31.6 Å². The monoisotopic (exact) mass is 203 g/mol. The highest BCUT2D eigenvalue weighted by atomic mass is 16.5. The van der Waals surface area contributed by atoms with Crippen LogP contribution in [0.3, 0.4) is 0 Å². The Balaban J connectivity index is 2.88. The number of aliphatic imine (C=N–C) groups is 1. The van der Waals surface area contributed by atoms with Gasteiger partial charge in [0, 0.05) is 0 Å². The molecular formula is C13H17NO. The van der Waals surface area contributed by atoms with E-state index in [0.29, 0.717) is 5.90 Å². The van der Waals surface area contributed by atoms with Gasteiger partial charge in [0.1, 0.15) is 0 Å². The quantitative estimate of drug-likeness (QED) is 0.542. The minimum absolute atomic E-state index is 0.653. The molecule has 0 aliphatic rings. The van der Waals surface area contributed by atoms with E-state index in [1.54, 1.807) is 7.11 Å². The second-order valence-electron chi connectivity index (χ2n) is 3.33. The summed E-state index contributed by atoms with van der Waals surface area (Å²) < 4.78 is 5.20. The fourth-order valence-electron chi connectivity index (χ4n) is 1.08. The van der Waals surface area contributed by atoms with Gasteiger partial charge < -0.3 is 4.74 Å². The zero-order chi connectivity index (χ0) is 11.1. The maximum absolute atomic E-state index is 5.20. The van der Waals surface area contributed by atoms with Crippen molar-refractivity contribution >= 4 is 11.6 Å². The van der Waals surface area contributed by atoms with Crippen molar-refractivity contribution in [3.63, 3.8) is 0 Å². The first-order chi connectivity index (χ1) is 7.26. The van der Waals surface area contributed by atoms with E-state index < -0.39 is 0 Å². The maximum Gasteiger partial charge on any atom is 0.213 e. The van der Waals surface area contributed by atoms with Gasteiger partial charge in [-0.25, -0.2) is 4.99 Å². The van der Waals surface area contributed by atoms with Crippen molar-refractivity contribution in [2.45, 2.75) is 20.3 Å². The van der Waals surface area contributed by atoms with Gasteiger partial charge >= 0.3 is 0 Å². The van der Waals surface area contributed by atoms with Crippen LogP contribution in [0.25, 0.3) is 0 Å². The number of rotatable bonds is 3. The molecule has 0 N–H and O–H groups in total. The first kappa shape index (κ1) is 11.5. The molecular weight excluding hydrogens is 186 g/mol. The summed E-state index contributed by atoms with van der Waals surface area (Å²) >= 11 is 0. The van der Waals surface area contributed by atoms with Gasteiger partial charge in [-0.2, -0.15) is 0 Å². The molecule has 1 rings (SSSR count). The van der Waals surface area contributed by atoms with Gasteiger partial charge in [0.05, 0.1) is 12.8 Å². The Labute approximate surface area is 91.3 Å². The van der Waals surface area contributed by atoms with Crippen molar-refractivity contribution in [1.82, 2.24) is 0 Å². The molecule has 0 amide bonds. The van der Waals surface area contributed by atoms with Gasteiger partial charge in [0.15, 0.2) is 0 Å². The van der Waals surface area contributed by atoms with E-state index in [9.17, 15) is 0 Å². The Kier molecular flexibility index (Phi) is 4.61. The van der Waals surface area contributed by atoms with Crippen LogP contribution in [0, 0.1) is 0 Å². The number of hydrogen-bond acceptors (Lipinski definition) is 2. The van der Waals surface area contributed by atoms with E-state index in [2.05, 4.69) is 18.8 Å². The Hall–Kier alpha value is -1.57.